The van der Waals surface area contributed by atoms with Crippen LogP contribution in [0.25, 0.3) is 11.3 Å². The van der Waals surface area contributed by atoms with Crippen molar-refractivity contribution in [2.45, 2.75) is 40.0 Å². The van der Waals surface area contributed by atoms with Crippen molar-refractivity contribution < 1.29 is 22.8 Å². The van der Waals surface area contributed by atoms with Crippen LogP contribution in [0.2, 0.25) is 0 Å². The number of hydrogen-bond donors (Lipinski definition) is 2. The number of hydrogen-bond acceptors (Lipinski definition) is 4. The van der Waals surface area contributed by atoms with Crippen molar-refractivity contribution in [3.8, 4) is 11.3 Å². The van der Waals surface area contributed by atoms with Crippen LogP contribution in [0.4, 0.5) is 19.1 Å². The van der Waals surface area contributed by atoms with Gasteiger partial charge in [-0.3, -0.25) is 19.9 Å². The average molecular weight is 444 g/mol. The lowest BCUT2D eigenvalue weighted by molar-refractivity contribution is -0.121. The highest BCUT2D eigenvalue weighted by molar-refractivity contribution is 6.04. The number of halogens is 3. The Morgan fingerprint density at radius 1 is 1.16 bits per heavy atom. The van der Waals surface area contributed by atoms with E-state index in [4.69, 9.17) is 0 Å². The van der Waals surface area contributed by atoms with Gasteiger partial charge in [-0.25, -0.2) is 18.2 Å². The Kier molecular flexibility index (Phi) is 7.07. The SMILES string of the molecule is Cc1[nH]c(NC(=O)c2cc(CCC(=O)C(C)C)cnc2C(F)F)nc1-c1ccc(F)cc1. The molecule has 9 heteroatoms. The lowest BCUT2D eigenvalue weighted by Gasteiger charge is -2.10. The molecule has 0 saturated carbocycles. The number of aromatic nitrogens is 3. The Balaban J connectivity index is 1.83. The summed E-state index contributed by atoms with van der Waals surface area (Å²) < 4.78 is 40.1. The number of aromatic amines is 1. The van der Waals surface area contributed by atoms with Crippen molar-refractivity contribution in [2.75, 3.05) is 5.32 Å². The number of rotatable bonds is 8. The highest BCUT2D eigenvalue weighted by Crippen LogP contribution is 2.25. The van der Waals surface area contributed by atoms with Crippen molar-refractivity contribution in [1.29, 1.82) is 0 Å². The summed E-state index contributed by atoms with van der Waals surface area (Å²) in [6.45, 7) is 5.29. The lowest BCUT2D eigenvalue weighted by Crippen LogP contribution is -2.17. The van der Waals surface area contributed by atoms with Crippen LogP contribution in [0, 0.1) is 18.7 Å². The molecule has 0 aliphatic carbocycles. The van der Waals surface area contributed by atoms with Crippen LogP contribution in [0.5, 0.6) is 0 Å². The van der Waals surface area contributed by atoms with E-state index in [0.717, 1.165) is 0 Å². The molecular formula is C23H23F3N4O2. The van der Waals surface area contributed by atoms with Crippen LogP contribution in [0.1, 0.15) is 54.0 Å². The number of carbonyl (C=O) groups is 2. The van der Waals surface area contributed by atoms with Gasteiger partial charge in [-0.1, -0.05) is 13.8 Å². The van der Waals surface area contributed by atoms with Gasteiger partial charge in [-0.05, 0) is 49.2 Å². The van der Waals surface area contributed by atoms with Gasteiger partial charge in [0.15, 0.2) is 0 Å². The predicted octanol–water partition coefficient (Wildman–Crippen LogP) is 5.27. The molecule has 0 radical (unpaired) electrons. The number of benzene rings is 1. The number of H-pyrrole nitrogens is 1. The fourth-order valence-corrected chi connectivity index (χ4v) is 3.15. The van der Waals surface area contributed by atoms with Gasteiger partial charge in [0.25, 0.3) is 12.3 Å². The number of anilines is 1. The number of nitrogens with one attached hydrogen (secondary N) is 2. The van der Waals surface area contributed by atoms with E-state index in [1.54, 1.807) is 32.9 Å². The predicted molar refractivity (Wildman–Crippen MR) is 114 cm³/mol. The van der Waals surface area contributed by atoms with E-state index in [1.165, 1.54) is 24.4 Å². The molecule has 3 rings (SSSR count). The molecule has 0 saturated heterocycles. The molecule has 1 amide bonds. The second-order valence-corrected chi connectivity index (χ2v) is 7.72. The third kappa shape index (κ3) is 5.40. The molecule has 0 spiro atoms. The first kappa shape index (κ1) is 23.2. The van der Waals surface area contributed by atoms with Crippen LogP contribution in [0.3, 0.4) is 0 Å². The standard InChI is InChI=1S/C23H23F3N4O2/c1-12(2)18(31)9-4-14-10-17(20(21(25)26)27-11-14)22(32)30-23-28-13(3)19(29-23)15-5-7-16(24)8-6-15/h5-8,10-12,21H,4,9H2,1-3H3,(H2,28,29,30,32). The van der Waals surface area contributed by atoms with Crippen molar-refractivity contribution in [2.24, 2.45) is 5.92 Å². The molecule has 2 aromatic heterocycles. The fourth-order valence-electron chi connectivity index (χ4n) is 3.15. The number of aryl methyl sites for hydroxylation is 2. The number of amides is 1. The molecule has 0 bridgehead atoms. The van der Waals surface area contributed by atoms with Crippen molar-refractivity contribution in [3.63, 3.8) is 0 Å². The third-order valence-electron chi connectivity index (χ3n) is 4.96. The van der Waals surface area contributed by atoms with Gasteiger partial charge in [0, 0.05) is 29.8 Å². The number of ketones is 1. The van der Waals surface area contributed by atoms with E-state index in [2.05, 4.69) is 20.3 Å². The van der Waals surface area contributed by atoms with E-state index in [9.17, 15) is 22.8 Å². The summed E-state index contributed by atoms with van der Waals surface area (Å²) in [5.41, 5.74) is 1.31. The van der Waals surface area contributed by atoms with Crippen LogP contribution in [0.15, 0.2) is 36.5 Å². The maximum Gasteiger partial charge on any atom is 0.281 e. The van der Waals surface area contributed by atoms with Gasteiger partial charge in [0.2, 0.25) is 5.95 Å². The first-order chi connectivity index (χ1) is 15.2. The molecule has 0 aliphatic rings. The summed E-state index contributed by atoms with van der Waals surface area (Å²) in [5.74, 6) is -1.23. The van der Waals surface area contributed by atoms with Gasteiger partial charge < -0.3 is 4.98 Å². The number of Topliss-reactive ketones (excluding diaryl/α,β-unsaturated/α-hetero) is 1. The monoisotopic (exact) mass is 444 g/mol. The Morgan fingerprint density at radius 3 is 2.47 bits per heavy atom. The number of carbonyl (C=O) groups excluding carboxylic acids is 2. The van der Waals surface area contributed by atoms with E-state index in [0.29, 0.717) is 28.9 Å². The summed E-state index contributed by atoms with van der Waals surface area (Å²) >= 11 is 0. The van der Waals surface area contributed by atoms with E-state index in [1.807, 2.05) is 0 Å². The molecule has 3 aromatic rings. The molecule has 168 valence electrons. The van der Waals surface area contributed by atoms with Crippen molar-refractivity contribution in [3.05, 3.63) is 64.9 Å². The quantitative estimate of drug-likeness (QED) is 0.496. The molecule has 2 heterocycles. The van der Waals surface area contributed by atoms with Crippen LogP contribution < -0.4 is 5.32 Å². The van der Waals surface area contributed by atoms with Crippen LogP contribution >= 0.6 is 0 Å². The average Bonchev–Trinajstić information content (AvgIpc) is 3.11. The normalized spacial score (nSPS) is 11.2. The van der Waals surface area contributed by atoms with Crippen molar-refractivity contribution >= 4 is 17.6 Å². The molecule has 2 N–H and O–H groups in total. The third-order valence-corrected chi connectivity index (χ3v) is 4.96. The molecule has 0 atom stereocenters. The second-order valence-electron chi connectivity index (χ2n) is 7.72. The molecule has 0 fully saturated rings. The largest absolute Gasteiger partial charge is 0.328 e. The maximum atomic E-state index is 13.4. The first-order valence-electron chi connectivity index (χ1n) is 10.1. The van der Waals surface area contributed by atoms with Gasteiger partial charge >= 0.3 is 0 Å². The fraction of sp³-hybridized carbons (Fsp3) is 0.304. The smallest absolute Gasteiger partial charge is 0.281 e. The summed E-state index contributed by atoms with van der Waals surface area (Å²) in [6.07, 6.45) is -1.17. The molecule has 32 heavy (non-hydrogen) atoms. The number of alkyl halides is 2. The highest BCUT2D eigenvalue weighted by Gasteiger charge is 2.22. The lowest BCUT2D eigenvalue weighted by atomic mass is 10.0. The number of nitrogens with zero attached hydrogens (tertiary/aromatic N) is 2. The van der Waals surface area contributed by atoms with Gasteiger partial charge in [0.05, 0.1) is 11.3 Å². The zero-order valence-corrected chi connectivity index (χ0v) is 17.9. The summed E-state index contributed by atoms with van der Waals surface area (Å²) in [4.78, 5) is 35.6. The first-order valence-corrected chi connectivity index (χ1v) is 10.1. The Hall–Kier alpha value is -3.49. The zero-order valence-electron chi connectivity index (χ0n) is 17.9. The molecule has 0 unspecified atom stereocenters. The minimum absolute atomic E-state index is 0.0355. The van der Waals surface area contributed by atoms with E-state index >= 15 is 0 Å². The second kappa shape index (κ2) is 9.76. The highest BCUT2D eigenvalue weighted by atomic mass is 19.3. The topological polar surface area (TPSA) is 87.7 Å². The molecule has 1 aromatic carbocycles. The van der Waals surface area contributed by atoms with Crippen LogP contribution in [-0.4, -0.2) is 26.6 Å². The Bertz CT molecular complexity index is 1120. The summed E-state index contributed by atoms with van der Waals surface area (Å²) in [7, 11) is 0. The minimum Gasteiger partial charge on any atom is -0.328 e. The van der Waals surface area contributed by atoms with Gasteiger partial charge in [-0.15, -0.1) is 0 Å². The van der Waals surface area contributed by atoms with E-state index in [-0.39, 0.29) is 29.6 Å². The number of imidazole rings is 1. The Morgan fingerprint density at radius 2 is 1.84 bits per heavy atom. The van der Waals surface area contributed by atoms with Crippen LogP contribution in [-0.2, 0) is 11.2 Å². The summed E-state index contributed by atoms with van der Waals surface area (Å²) in [5, 5.41) is 2.49. The van der Waals surface area contributed by atoms with Crippen molar-refractivity contribution in [1.82, 2.24) is 15.0 Å². The summed E-state index contributed by atoms with van der Waals surface area (Å²) in [6, 6.07) is 7.00. The molecule has 0 aliphatic heterocycles. The van der Waals surface area contributed by atoms with Gasteiger partial charge in [0.1, 0.15) is 17.3 Å². The molecular weight excluding hydrogens is 421 g/mol. The van der Waals surface area contributed by atoms with E-state index < -0.39 is 23.8 Å². The van der Waals surface area contributed by atoms with Gasteiger partial charge in [-0.2, -0.15) is 0 Å². The number of pyridine rings is 1. The molecule has 6 nitrogen and oxygen atoms in total. The maximum absolute atomic E-state index is 13.4. The zero-order chi connectivity index (χ0) is 23.4. The Labute approximate surface area is 183 Å². The minimum atomic E-state index is -2.95.